The molecule has 0 radical (unpaired) electrons. The van der Waals surface area contributed by atoms with E-state index in [1.807, 2.05) is 25.1 Å². The number of carbonyl (C=O) groups is 1. The number of amides is 1. The van der Waals surface area contributed by atoms with E-state index >= 15 is 0 Å². The minimum atomic E-state index is -0.124. The minimum absolute atomic E-state index is 0.124. The van der Waals surface area contributed by atoms with Gasteiger partial charge in [-0.1, -0.05) is 0 Å². The summed E-state index contributed by atoms with van der Waals surface area (Å²) >= 11 is 0. The Morgan fingerprint density at radius 1 is 1.21 bits per heavy atom. The monoisotopic (exact) mass is 323 g/mol. The smallest absolute Gasteiger partial charge is 0.251 e. The summed E-state index contributed by atoms with van der Waals surface area (Å²) in [5.74, 6) is 1.37. The average molecular weight is 323 g/mol. The standard InChI is InChI=1S/C18H17N3O3/c1-11-6-16-17(24-5-4-23-16)8-13(11)9-19-18(22)12-2-3-14-15(7-12)21-10-20-14/h2-3,6-8,10H,4-5,9H2,1H3,(H,19,22)(H,20,21). The van der Waals surface area contributed by atoms with Crippen molar-refractivity contribution in [2.24, 2.45) is 0 Å². The first kappa shape index (κ1) is 14.6. The number of nitrogens with zero attached hydrogens (tertiary/aromatic N) is 1. The number of hydrogen-bond acceptors (Lipinski definition) is 4. The summed E-state index contributed by atoms with van der Waals surface area (Å²) in [4.78, 5) is 19.5. The maximum atomic E-state index is 12.4. The third-order valence-corrected chi connectivity index (χ3v) is 4.12. The van der Waals surface area contributed by atoms with E-state index < -0.39 is 0 Å². The summed E-state index contributed by atoms with van der Waals surface area (Å²) in [6.07, 6.45) is 1.62. The van der Waals surface area contributed by atoms with Crippen molar-refractivity contribution in [3.63, 3.8) is 0 Å². The van der Waals surface area contributed by atoms with Crippen LogP contribution in [-0.2, 0) is 6.54 Å². The predicted octanol–water partition coefficient (Wildman–Crippen LogP) is 2.57. The molecule has 2 heterocycles. The van der Waals surface area contributed by atoms with Crippen LogP contribution in [0.5, 0.6) is 11.5 Å². The van der Waals surface area contributed by atoms with Crippen LogP contribution in [0.2, 0.25) is 0 Å². The highest BCUT2D eigenvalue weighted by Gasteiger charge is 2.15. The van der Waals surface area contributed by atoms with Gasteiger partial charge in [0.1, 0.15) is 13.2 Å². The van der Waals surface area contributed by atoms with Gasteiger partial charge in [-0.2, -0.15) is 0 Å². The predicted molar refractivity (Wildman–Crippen MR) is 89.4 cm³/mol. The van der Waals surface area contributed by atoms with Gasteiger partial charge in [-0.3, -0.25) is 4.79 Å². The van der Waals surface area contributed by atoms with Gasteiger partial charge in [-0.05, 0) is 48.4 Å². The third-order valence-electron chi connectivity index (χ3n) is 4.12. The molecule has 4 rings (SSSR count). The van der Waals surface area contributed by atoms with Crippen molar-refractivity contribution < 1.29 is 14.3 Å². The Hall–Kier alpha value is -3.02. The topological polar surface area (TPSA) is 76.2 Å². The molecule has 0 saturated carbocycles. The molecule has 2 aromatic carbocycles. The molecule has 0 saturated heterocycles. The largest absolute Gasteiger partial charge is 0.486 e. The van der Waals surface area contributed by atoms with Crippen LogP contribution in [0.25, 0.3) is 11.0 Å². The molecule has 2 N–H and O–H groups in total. The van der Waals surface area contributed by atoms with Crippen molar-refractivity contribution >= 4 is 16.9 Å². The molecule has 1 amide bonds. The van der Waals surface area contributed by atoms with Gasteiger partial charge in [0.2, 0.25) is 0 Å². The van der Waals surface area contributed by atoms with Crippen molar-refractivity contribution in [1.29, 1.82) is 0 Å². The summed E-state index contributed by atoms with van der Waals surface area (Å²) in [7, 11) is 0. The Bertz CT molecular complexity index is 917. The average Bonchev–Trinajstić information content (AvgIpc) is 3.07. The van der Waals surface area contributed by atoms with Gasteiger partial charge in [0.25, 0.3) is 5.91 Å². The highest BCUT2D eigenvalue weighted by molar-refractivity contribution is 5.97. The van der Waals surface area contributed by atoms with Gasteiger partial charge in [0.15, 0.2) is 11.5 Å². The van der Waals surface area contributed by atoms with Crippen LogP contribution in [0.1, 0.15) is 21.5 Å². The Morgan fingerprint density at radius 3 is 2.83 bits per heavy atom. The molecule has 122 valence electrons. The van der Waals surface area contributed by atoms with E-state index in [-0.39, 0.29) is 5.91 Å². The van der Waals surface area contributed by atoms with Crippen molar-refractivity contribution in [3.8, 4) is 11.5 Å². The molecule has 6 nitrogen and oxygen atoms in total. The van der Waals surface area contributed by atoms with Crippen molar-refractivity contribution in [3.05, 3.63) is 53.3 Å². The van der Waals surface area contributed by atoms with E-state index in [1.165, 1.54) is 0 Å². The van der Waals surface area contributed by atoms with Crippen molar-refractivity contribution in [2.75, 3.05) is 13.2 Å². The summed E-state index contributed by atoms with van der Waals surface area (Å²) in [6.45, 7) is 3.55. The number of carbonyl (C=O) groups excluding carboxylic acids is 1. The van der Waals surface area contributed by atoms with Crippen LogP contribution in [0, 0.1) is 6.92 Å². The summed E-state index contributed by atoms with van der Waals surface area (Å²) in [5, 5.41) is 2.95. The Labute approximate surface area is 138 Å². The third kappa shape index (κ3) is 2.67. The zero-order chi connectivity index (χ0) is 16.5. The lowest BCUT2D eigenvalue weighted by Crippen LogP contribution is -2.23. The SMILES string of the molecule is Cc1cc2c(cc1CNC(=O)c1ccc3nc[nH]c3c1)OCCO2. The molecule has 3 aromatic rings. The number of aryl methyl sites for hydroxylation is 1. The van der Waals surface area contributed by atoms with Crippen LogP contribution >= 0.6 is 0 Å². The number of H-pyrrole nitrogens is 1. The van der Waals surface area contributed by atoms with Crippen LogP contribution in [0.4, 0.5) is 0 Å². The molecular weight excluding hydrogens is 306 g/mol. The summed E-state index contributed by atoms with van der Waals surface area (Å²) in [6, 6.07) is 9.29. The quantitative estimate of drug-likeness (QED) is 0.777. The minimum Gasteiger partial charge on any atom is -0.486 e. The summed E-state index contributed by atoms with van der Waals surface area (Å²) in [5.41, 5.74) is 4.35. The summed E-state index contributed by atoms with van der Waals surface area (Å²) < 4.78 is 11.2. The molecule has 0 atom stereocenters. The number of imidazole rings is 1. The highest BCUT2D eigenvalue weighted by Crippen LogP contribution is 2.32. The van der Waals surface area contributed by atoms with E-state index in [0.717, 1.165) is 33.7 Å². The second-order valence-corrected chi connectivity index (χ2v) is 5.74. The van der Waals surface area contributed by atoms with Gasteiger partial charge in [-0.25, -0.2) is 4.98 Å². The maximum Gasteiger partial charge on any atom is 0.251 e. The molecule has 1 aliphatic heterocycles. The highest BCUT2D eigenvalue weighted by atomic mass is 16.6. The fourth-order valence-electron chi connectivity index (χ4n) is 2.78. The maximum absolute atomic E-state index is 12.4. The number of nitrogens with one attached hydrogen (secondary N) is 2. The lowest BCUT2D eigenvalue weighted by molar-refractivity contribution is 0.0951. The normalized spacial score (nSPS) is 13.0. The lowest BCUT2D eigenvalue weighted by Gasteiger charge is -2.20. The fourth-order valence-corrected chi connectivity index (χ4v) is 2.78. The van der Waals surface area contributed by atoms with Crippen LogP contribution < -0.4 is 14.8 Å². The molecule has 24 heavy (non-hydrogen) atoms. The van der Waals surface area contributed by atoms with Crippen LogP contribution in [-0.4, -0.2) is 29.1 Å². The molecule has 1 aliphatic rings. The number of aromatic nitrogens is 2. The molecule has 0 spiro atoms. The molecule has 0 unspecified atom stereocenters. The number of ether oxygens (including phenoxy) is 2. The molecule has 1 aromatic heterocycles. The van der Waals surface area contributed by atoms with Gasteiger partial charge >= 0.3 is 0 Å². The van der Waals surface area contributed by atoms with Crippen molar-refractivity contribution in [2.45, 2.75) is 13.5 Å². The zero-order valence-electron chi connectivity index (χ0n) is 13.3. The van der Waals surface area contributed by atoms with Crippen LogP contribution in [0.3, 0.4) is 0 Å². The second-order valence-electron chi connectivity index (χ2n) is 5.74. The molecule has 0 fully saturated rings. The number of hydrogen-bond donors (Lipinski definition) is 2. The van der Waals surface area contributed by atoms with Gasteiger partial charge in [-0.15, -0.1) is 0 Å². The van der Waals surface area contributed by atoms with Gasteiger partial charge in [0, 0.05) is 12.1 Å². The number of benzene rings is 2. The first-order valence-corrected chi connectivity index (χ1v) is 7.81. The Morgan fingerprint density at radius 2 is 2.00 bits per heavy atom. The molecule has 0 aliphatic carbocycles. The fraction of sp³-hybridized carbons (Fsp3) is 0.222. The Kier molecular flexibility index (Phi) is 3.57. The Balaban J connectivity index is 1.50. The van der Waals surface area contributed by atoms with E-state index in [1.54, 1.807) is 18.5 Å². The number of rotatable bonds is 3. The lowest BCUT2D eigenvalue weighted by atomic mass is 10.1. The molecular formula is C18H17N3O3. The number of fused-ring (bicyclic) bond motifs is 2. The van der Waals surface area contributed by atoms with E-state index in [2.05, 4.69) is 15.3 Å². The van der Waals surface area contributed by atoms with Crippen molar-refractivity contribution in [1.82, 2.24) is 15.3 Å². The second kappa shape index (κ2) is 5.88. The van der Waals surface area contributed by atoms with Gasteiger partial charge in [0.05, 0.1) is 17.4 Å². The molecule has 6 heteroatoms. The van der Waals surface area contributed by atoms with E-state index in [9.17, 15) is 4.79 Å². The van der Waals surface area contributed by atoms with E-state index in [4.69, 9.17) is 9.47 Å². The number of aromatic amines is 1. The zero-order valence-corrected chi connectivity index (χ0v) is 13.3. The van der Waals surface area contributed by atoms with Crippen LogP contribution in [0.15, 0.2) is 36.7 Å². The van der Waals surface area contributed by atoms with Gasteiger partial charge < -0.3 is 19.8 Å². The first-order valence-electron chi connectivity index (χ1n) is 7.81. The first-order chi connectivity index (χ1) is 11.7. The van der Waals surface area contributed by atoms with E-state index in [0.29, 0.717) is 25.3 Å². The molecule has 0 bridgehead atoms.